The molecule has 2 rings (SSSR count). The van der Waals surface area contributed by atoms with E-state index in [1.54, 1.807) is 12.3 Å². The van der Waals surface area contributed by atoms with Crippen molar-refractivity contribution >= 4 is 11.8 Å². The Bertz CT molecular complexity index is 366. The summed E-state index contributed by atoms with van der Waals surface area (Å²) in [6, 6.07) is 1.75. The van der Waals surface area contributed by atoms with E-state index in [-0.39, 0.29) is 6.54 Å². The topological polar surface area (TPSA) is 106 Å². The van der Waals surface area contributed by atoms with Gasteiger partial charge in [-0.05, 0) is 5.16 Å². The molecule has 0 aromatic carbocycles. The van der Waals surface area contributed by atoms with Crippen molar-refractivity contribution in [1.82, 2.24) is 20.3 Å². The van der Waals surface area contributed by atoms with E-state index >= 15 is 0 Å². The Labute approximate surface area is 73.3 Å². The molecule has 2 aromatic rings. The summed E-state index contributed by atoms with van der Waals surface area (Å²) >= 11 is 0. The normalized spacial score (nSPS) is 10.2. The minimum atomic E-state index is 0.234. The summed E-state index contributed by atoms with van der Waals surface area (Å²) in [4.78, 5) is 3.94. The van der Waals surface area contributed by atoms with Gasteiger partial charge in [0.05, 0.1) is 12.7 Å². The van der Waals surface area contributed by atoms with E-state index in [9.17, 15) is 0 Å². The Balaban J connectivity index is 2.10. The maximum atomic E-state index is 5.29. The molecular weight excluding hydrogens is 172 g/mol. The molecule has 0 radical (unpaired) electrons. The lowest BCUT2D eigenvalue weighted by Gasteiger charge is -1.92. The zero-order chi connectivity index (χ0) is 9.10. The molecular formula is C6H8N6O. The van der Waals surface area contributed by atoms with E-state index < -0.39 is 0 Å². The van der Waals surface area contributed by atoms with Crippen molar-refractivity contribution in [3.05, 3.63) is 18.2 Å². The molecule has 0 saturated heterocycles. The van der Waals surface area contributed by atoms with Gasteiger partial charge in [-0.15, -0.1) is 0 Å². The molecule has 0 saturated carbocycles. The Morgan fingerprint density at radius 2 is 2.54 bits per heavy atom. The number of anilines is 2. The Morgan fingerprint density at radius 1 is 1.62 bits per heavy atom. The molecule has 0 aliphatic rings. The molecule has 0 aliphatic heterocycles. The fraction of sp³-hybridized carbons (Fsp3) is 0.167. The first-order valence-electron chi connectivity index (χ1n) is 3.67. The molecule has 13 heavy (non-hydrogen) atoms. The van der Waals surface area contributed by atoms with Crippen LogP contribution in [0.1, 0.15) is 5.89 Å². The van der Waals surface area contributed by atoms with E-state index in [0.29, 0.717) is 17.7 Å². The second-order valence-corrected chi connectivity index (χ2v) is 2.31. The number of aromatic nitrogens is 4. The molecule has 0 aliphatic carbocycles. The minimum absolute atomic E-state index is 0.234. The second kappa shape index (κ2) is 3.23. The van der Waals surface area contributed by atoms with Crippen molar-refractivity contribution in [2.45, 2.75) is 6.54 Å². The van der Waals surface area contributed by atoms with Crippen LogP contribution in [-0.2, 0) is 6.54 Å². The van der Waals surface area contributed by atoms with Gasteiger partial charge in [0.2, 0.25) is 5.89 Å². The molecule has 7 nitrogen and oxygen atoms in total. The van der Waals surface area contributed by atoms with Crippen LogP contribution in [0.15, 0.2) is 16.8 Å². The van der Waals surface area contributed by atoms with Gasteiger partial charge in [-0.1, -0.05) is 0 Å². The standard InChI is InChI=1S/C6H8N6O/c7-3-5-10-6(12-13-5)9-4-1-2-8-11-4/h1-2H,3,7H2,(H2,8,9,11,12). The predicted molar refractivity (Wildman–Crippen MR) is 44.1 cm³/mol. The molecule has 0 fully saturated rings. The van der Waals surface area contributed by atoms with Gasteiger partial charge in [0.15, 0.2) is 0 Å². The third-order valence-corrected chi connectivity index (χ3v) is 1.39. The highest BCUT2D eigenvalue weighted by Crippen LogP contribution is 2.08. The first-order valence-corrected chi connectivity index (χ1v) is 3.67. The van der Waals surface area contributed by atoms with E-state index in [0.717, 1.165) is 0 Å². The van der Waals surface area contributed by atoms with Crippen LogP contribution in [0.5, 0.6) is 0 Å². The van der Waals surface area contributed by atoms with Crippen LogP contribution in [0, 0.1) is 0 Å². The van der Waals surface area contributed by atoms with Crippen LogP contribution in [0.3, 0.4) is 0 Å². The number of H-pyrrole nitrogens is 1. The summed E-state index contributed by atoms with van der Waals surface area (Å²) in [5, 5.41) is 12.9. The number of hydrogen-bond acceptors (Lipinski definition) is 6. The van der Waals surface area contributed by atoms with Gasteiger partial charge < -0.3 is 15.6 Å². The molecule has 0 spiro atoms. The summed E-state index contributed by atoms with van der Waals surface area (Å²) in [6.07, 6.45) is 1.62. The maximum absolute atomic E-state index is 5.29. The highest BCUT2D eigenvalue weighted by Gasteiger charge is 2.03. The summed E-state index contributed by atoms with van der Waals surface area (Å²) in [6.45, 7) is 0.234. The Kier molecular flexibility index (Phi) is 1.93. The van der Waals surface area contributed by atoms with Gasteiger partial charge in [-0.25, -0.2) is 0 Å². The minimum Gasteiger partial charge on any atom is -0.336 e. The molecule has 4 N–H and O–H groups in total. The fourth-order valence-electron chi connectivity index (χ4n) is 0.834. The van der Waals surface area contributed by atoms with Crippen molar-refractivity contribution in [3.63, 3.8) is 0 Å². The van der Waals surface area contributed by atoms with Crippen LogP contribution in [-0.4, -0.2) is 20.3 Å². The summed E-state index contributed by atoms with van der Waals surface area (Å²) in [7, 11) is 0. The van der Waals surface area contributed by atoms with Gasteiger partial charge in [0, 0.05) is 6.07 Å². The molecule has 0 atom stereocenters. The lowest BCUT2D eigenvalue weighted by Crippen LogP contribution is -1.97. The first kappa shape index (κ1) is 7.74. The molecule has 0 amide bonds. The van der Waals surface area contributed by atoms with Crippen molar-refractivity contribution in [1.29, 1.82) is 0 Å². The molecule has 2 heterocycles. The van der Waals surface area contributed by atoms with Crippen molar-refractivity contribution in [3.8, 4) is 0 Å². The van der Waals surface area contributed by atoms with Gasteiger partial charge >= 0.3 is 0 Å². The number of nitrogens with zero attached hydrogens (tertiary/aromatic N) is 3. The SMILES string of the molecule is NCc1nc(Nc2ccn[nH]2)no1. The average Bonchev–Trinajstić information content (AvgIpc) is 2.76. The molecule has 7 heteroatoms. The zero-order valence-corrected chi connectivity index (χ0v) is 6.69. The largest absolute Gasteiger partial charge is 0.336 e. The number of aromatic amines is 1. The third kappa shape index (κ3) is 1.64. The van der Waals surface area contributed by atoms with Crippen LogP contribution in [0.2, 0.25) is 0 Å². The summed E-state index contributed by atoms with van der Waals surface area (Å²) in [5.74, 6) is 1.45. The number of nitrogens with two attached hydrogens (primary N) is 1. The van der Waals surface area contributed by atoms with Gasteiger partial charge in [-0.3, -0.25) is 5.10 Å². The number of nitrogens with one attached hydrogen (secondary N) is 2. The molecule has 68 valence electrons. The number of hydrogen-bond donors (Lipinski definition) is 3. The lowest BCUT2D eigenvalue weighted by molar-refractivity contribution is 0.381. The van der Waals surface area contributed by atoms with Gasteiger partial charge in [0.1, 0.15) is 5.82 Å². The highest BCUT2D eigenvalue weighted by molar-refractivity contribution is 5.45. The Hall–Kier alpha value is -1.89. The molecule has 2 aromatic heterocycles. The van der Waals surface area contributed by atoms with Gasteiger partial charge in [0.25, 0.3) is 5.95 Å². The fourth-order valence-corrected chi connectivity index (χ4v) is 0.834. The summed E-state index contributed by atoms with van der Waals surface area (Å²) < 4.78 is 4.78. The summed E-state index contributed by atoms with van der Waals surface area (Å²) in [5.41, 5.74) is 5.29. The maximum Gasteiger partial charge on any atom is 0.269 e. The van der Waals surface area contributed by atoms with Crippen molar-refractivity contribution in [2.24, 2.45) is 5.73 Å². The van der Waals surface area contributed by atoms with Crippen LogP contribution in [0.25, 0.3) is 0 Å². The van der Waals surface area contributed by atoms with E-state index in [1.807, 2.05) is 0 Å². The van der Waals surface area contributed by atoms with Crippen molar-refractivity contribution < 1.29 is 4.52 Å². The Morgan fingerprint density at radius 3 is 3.15 bits per heavy atom. The van der Waals surface area contributed by atoms with Crippen LogP contribution in [0.4, 0.5) is 11.8 Å². The highest BCUT2D eigenvalue weighted by atomic mass is 16.5. The monoisotopic (exact) mass is 180 g/mol. The zero-order valence-electron chi connectivity index (χ0n) is 6.69. The lowest BCUT2D eigenvalue weighted by atomic mass is 10.6. The van der Waals surface area contributed by atoms with Crippen LogP contribution < -0.4 is 11.1 Å². The third-order valence-electron chi connectivity index (χ3n) is 1.39. The van der Waals surface area contributed by atoms with E-state index in [1.165, 1.54) is 0 Å². The van der Waals surface area contributed by atoms with Gasteiger partial charge in [-0.2, -0.15) is 10.1 Å². The second-order valence-electron chi connectivity index (χ2n) is 2.31. The van der Waals surface area contributed by atoms with Crippen molar-refractivity contribution in [2.75, 3.05) is 5.32 Å². The molecule has 0 unspecified atom stereocenters. The number of rotatable bonds is 3. The average molecular weight is 180 g/mol. The van der Waals surface area contributed by atoms with E-state index in [4.69, 9.17) is 10.3 Å². The first-order chi connectivity index (χ1) is 6.38. The van der Waals surface area contributed by atoms with Crippen LogP contribution >= 0.6 is 0 Å². The molecule has 0 bridgehead atoms. The van der Waals surface area contributed by atoms with E-state index in [2.05, 4.69) is 25.7 Å². The predicted octanol–water partition coefficient (Wildman–Crippen LogP) is -0.00500. The smallest absolute Gasteiger partial charge is 0.269 e. The quantitative estimate of drug-likeness (QED) is 0.613.